The number of hydrogen-bond donors (Lipinski definition) is 1. The monoisotopic (exact) mass is 390 g/mol. The maximum atomic E-state index is 4.77. The van der Waals surface area contributed by atoms with Crippen molar-refractivity contribution < 1.29 is 0 Å². The molecule has 0 bridgehead atoms. The molecule has 0 unspecified atom stereocenters. The van der Waals surface area contributed by atoms with Crippen molar-refractivity contribution in [1.29, 1.82) is 0 Å². The van der Waals surface area contributed by atoms with Crippen LogP contribution in [-0.2, 0) is 6.42 Å². The number of anilines is 1. The first kappa shape index (κ1) is 17.6. The van der Waals surface area contributed by atoms with Gasteiger partial charge in [-0.2, -0.15) is 0 Å². The fourth-order valence-corrected chi connectivity index (χ4v) is 3.14. The van der Waals surface area contributed by atoms with E-state index in [2.05, 4.69) is 72.4 Å². The Morgan fingerprint density at radius 2 is 1.80 bits per heavy atom. The van der Waals surface area contributed by atoms with Gasteiger partial charge < -0.3 is 10.2 Å². The van der Waals surface area contributed by atoms with Crippen LogP contribution in [0.15, 0.2) is 0 Å². The molecule has 0 aromatic carbocycles. The molecule has 20 heavy (non-hydrogen) atoms. The first-order chi connectivity index (χ1) is 9.53. The molecule has 1 rings (SSSR count). The molecular formula is C15H27IN4. The van der Waals surface area contributed by atoms with Gasteiger partial charge >= 0.3 is 0 Å². The Morgan fingerprint density at radius 1 is 1.15 bits per heavy atom. The average molecular weight is 390 g/mol. The normalized spacial score (nSPS) is 11.4. The number of aromatic nitrogens is 2. The third-order valence-corrected chi connectivity index (χ3v) is 4.42. The molecule has 0 saturated carbocycles. The molecule has 1 N–H and O–H groups in total. The summed E-state index contributed by atoms with van der Waals surface area (Å²) in [7, 11) is 0. The summed E-state index contributed by atoms with van der Waals surface area (Å²) in [6.45, 7) is 14.9. The van der Waals surface area contributed by atoms with Gasteiger partial charge in [0.15, 0.2) is 0 Å². The van der Waals surface area contributed by atoms with E-state index in [4.69, 9.17) is 4.98 Å². The average Bonchev–Trinajstić information content (AvgIpc) is 2.43. The molecule has 114 valence electrons. The zero-order chi connectivity index (χ0) is 15.1. The predicted molar refractivity (Wildman–Crippen MR) is 94.5 cm³/mol. The Hall–Kier alpha value is -0.430. The van der Waals surface area contributed by atoms with Crippen LogP contribution in [0, 0.1) is 3.57 Å². The standard InChI is InChI=1S/C15H27IN4/c1-6-17-15-13(16)14(11(4)5)18-12(19-15)9-10-20(7-2)8-3/h11H,6-10H2,1-5H3,(H,17,18,19). The molecular weight excluding hydrogens is 363 g/mol. The molecule has 0 spiro atoms. The highest BCUT2D eigenvalue weighted by Crippen LogP contribution is 2.25. The summed E-state index contributed by atoms with van der Waals surface area (Å²) >= 11 is 2.35. The van der Waals surface area contributed by atoms with E-state index in [9.17, 15) is 0 Å². The van der Waals surface area contributed by atoms with Gasteiger partial charge in [0.25, 0.3) is 0 Å². The van der Waals surface area contributed by atoms with Crippen LogP contribution in [0.2, 0.25) is 0 Å². The number of halogens is 1. The first-order valence-electron chi connectivity index (χ1n) is 7.55. The van der Waals surface area contributed by atoms with Gasteiger partial charge in [-0.25, -0.2) is 9.97 Å². The molecule has 5 heteroatoms. The van der Waals surface area contributed by atoms with E-state index in [-0.39, 0.29) is 0 Å². The van der Waals surface area contributed by atoms with E-state index < -0.39 is 0 Å². The highest BCUT2D eigenvalue weighted by Gasteiger charge is 2.14. The van der Waals surface area contributed by atoms with Crippen molar-refractivity contribution in [2.45, 2.75) is 47.0 Å². The minimum atomic E-state index is 0.425. The van der Waals surface area contributed by atoms with Gasteiger partial charge in [-0.15, -0.1) is 0 Å². The summed E-state index contributed by atoms with van der Waals surface area (Å²) in [4.78, 5) is 11.9. The molecule has 0 fully saturated rings. The Bertz CT molecular complexity index is 417. The van der Waals surface area contributed by atoms with E-state index in [1.54, 1.807) is 0 Å². The van der Waals surface area contributed by atoms with Gasteiger partial charge in [-0.05, 0) is 48.5 Å². The molecule has 0 radical (unpaired) electrons. The second kappa shape index (κ2) is 8.77. The zero-order valence-electron chi connectivity index (χ0n) is 13.3. The van der Waals surface area contributed by atoms with Crippen molar-refractivity contribution in [3.8, 4) is 0 Å². The van der Waals surface area contributed by atoms with Crippen LogP contribution in [0.5, 0.6) is 0 Å². The van der Waals surface area contributed by atoms with E-state index in [1.807, 2.05) is 0 Å². The van der Waals surface area contributed by atoms with Crippen molar-refractivity contribution in [3.63, 3.8) is 0 Å². The topological polar surface area (TPSA) is 41.1 Å². The smallest absolute Gasteiger partial charge is 0.143 e. The number of nitrogens with zero attached hydrogens (tertiary/aromatic N) is 3. The fraction of sp³-hybridized carbons (Fsp3) is 0.733. The molecule has 4 nitrogen and oxygen atoms in total. The third-order valence-electron chi connectivity index (χ3n) is 3.36. The number of nitrogens with one attached hydrogen (secondary N) is 1. The maximum absolute atomic E-state index is 4.77. The minimum Gasteiger partial charge on any atom is -0.369 e. The van der Waals surface area contributed by atoms with Crippen LogP contribution in [0.25, 0.3) is 0 Å². The lowest BCUT2D eigenvalue weighted by Gasteiger charge is -2.18. The van der Waals surface area contributed by atoms with E-state index in [1.165, 1.54) is 0 Å². The highest BCUT2D eigenvalue weighted by molar-refractivity contribution is 14.1. The van der Waals surface area contributed by atoms with Crippen LogP contribution < -0.4 is 5.32 Å². The third kappa shape index (κ3) is 4.84. The van der Waals surface area contributed by atoms with Crippen molar-refractivity contribution >= 4 is 28.4 Å². The van der Waals surface area contributed by atoms with Gasteiger partial charge in [-0.1, -0.05) is 27.7 Å². The van der Waals surface area contributed by atoms with Gasteiger partial charge in [-0.3, -0.25) is 0 Å². The molecule has 1 heterocycles. The van der Waals surface area contributed by atoms with Crippen LogP contribution in [-0.4, -0.2) is 41.0 Å². The Labute approximate surface area is 136 Å². The van der Waals surface area contributed by atoms with Crippen molar-refractivity contribution in [2.75, 3.05) is 31.5 Å². The van der Waals surface area contributed by atoms with Crippen LogP contribution in [0.3, 0.4) is 0 Å². The number of hydrogen-bond acceptors (Lipinski definition) is 4. The Morgan fingerprint density at radius 3 is 2.30 bits per heavy atom. The lowest BCUT2D eigenvalue weighted by molar-refractivity contribution is 0.305. The lowest BCUT2D eigenvalue weighted by atomic mass is 10.1. The summed E-state index contributed by atoms with van der Waals surface area (Å²) in [6, 6.07) is 0. The van der Waals surface area contributed by atoms with Gasteiger partial charge in [0, 0.05) is 19.5 Å². The van der Waals surface area contributed by atoms with Crippen molar-refractivity contribution in [1.82, 2.24) is 14.9 Å². The van der Waals surface area contributed by atoms with Crippen molar-refractivity contribution in [2.24, 2.45) is 0 Å². The van der Waals surface area contributed by atoms with E-state index >= 15 is 0 Å². The molecule has 0 atom stereocenters. The summed E-state index contributed by atoms with van der Waals surface area (Å²) in [5.41, 5.74) is 1.16. The highest BCUT2D eigenvalue weighted by atomic mass is 127. The van der Waals surface area contributed by atoms with E-state index in [0.29, 0.717) is 5.92 Å². The van der Waals surface area contributed by atoms with E-state index in [0.717, 1.165) is 53.5 Å². The quantitative estimate of drug-likeness (QED) is 0.690. The molecule has 1 aromatic rings. The first-order valence-corrected chi connectivity index (χ1v) is 8.63. The van der Waals surface area contributed by atoms with Gasteiger partial charge in [0.1, 0.15) is 11.6 Å². The second-order valence-electron chi connectivity index (χ2n) is 5.15. The minimum absolute atomic E-state index is 0.425. The maximum Gasteiger partial charge on any atom is 0.143 e. The summed E-state index contributed by atoms with van der Waals surface area (Å²) in [5, 5.41) is 3.35. The van der Waals surface area contributed by atoms with Gasteiger partial charge in [0.05, 0.1) is 9.26 Å². The van der Waals surface area contributed by atoms with Gasteiger partial charge in [0.2, 0.25) is 0 Å². The van der Waals surface area contributed by atoms with Crippen molar-refractivity contribution in [3.05, 3.63) is 15.1 Å². The van der Waals surface area contributed by atoms with Crippen LogP contribution >= 0.6 is 22.6 Å². The molecule has 0 saturated heterocycles. The molecule has 0 amide bonds. The molecule has 0 aliphatic carbocycles. The number of rotatable bonds is 8. The predicted octanol–water partition coefficient (Wildman–Crippen LogP) is 3.52. The fourth-order valence-electron chi connectivity index (χ4n) is 2.09. The molecule has 1 aromatic heterocycles. The Balaban J connectivity index is 2.95. The largest absolute Gasteiger partial charge is 0.369 e. The van der Waals surface area contributed by atoms with Crippen LogP contribution in [0.1, 0.15) is 52.1 Å². The molecule has 0 aliphatic heterocycles. The lowest BCUT2D eigenvalue weighted by Crippen LogP contribution is -2.26. The summed E-state index contributed by atoms with van der Waals surface area (Å²) in [5.74, 6) is 2.37. The van der Waals surface area contributed by atoms with Crippen LogP contribution in [0.4, 0.5) is 5.82 Å². The molecule has 0 aliphatic rings. The SMILES string of the molecule is CCNc1nc(CCN(CC)CC)nc(C(C)C)c1I. The summed E-state index contributed by atoms with van der Waals surface area (Å²) in [6.07, 6.45) is 0.913. The summed E-state index contributed by atoms with van der Waals surface area (Å²) < 4.78 is 1.16. The Kier molecular flexibility index (Phi) is 7.72. The zero-order valence-corrected chi connectivity index (χ0v) is 15.5. The second-order valence-corrected chi connectivity index (χ2v) is 6.23. The number of likely N-dealkylation sites (N-methyl/N-ethyl adjacent to an activating group) is 1.